The van der Waals surface area contributed by atoms with Crippen molar-refractivity contribution in [2.75, 3.05) is 26.3 Å². The molecule has 9 rings (SSSR count). The van der Waals surface area contributed by atoms with E-state index in [9.17, 15) is 19.2 Å². The van der Waals surface area contributed by atoms with E-state index in [4.69, 9.17) is 9.47 Å². The van der Waals surface area contributed by atoms with Crippen molar-refractivity contribution in [1.29, 1.82) is 0 Å². The summed E-state index contributed by atoms with van der Waals surface area (Å²) >= 11 is 0. The number of likely N-dealkylation sites (tertiary alicyclic amines) is 2. The molecular formula is C35H36N2O6. The third kappa shape index (κ3) is 3.75. The summed E-state index contributed by atoms with van der Waals surface area (Å²) in [5.74, 6) is -4.48. The number of hydrogen-bond donors (Lipinski definition) is 0. The molecule has 2 bridgehead atoms. The van der Waals surface area contributed by atoms with E-state index in [-0.39, 0.29) is 48.9 Å². The molecular weight excluding hydrogens is 544 g/mol. The number of allylic oxidation sites excluding steroid dienone is 2. The number of ether oxygens (including phenoxy) is 2. The summed E-state index contributed by atoms with van der Waals surface area (Å²) in [6, 6.07) is 19.8. The first-order valence-corrected chi connectivity index (χ1v) is 15.7. The maximum absolute atomic E-state index is 14.5. The molecule has 5 fully saturated rings. The lowest BCUT2D eigenvalue weighted by atomic mass is 9.41. The Hall–Kier alpha value is -3.62. The van der Waals surface area contributed by atoms with Crippen LogP contribution in [0.3, 0.4) is 0 Å². The molecule has 7 aliphatic rings. The van der Waals surface area contributed by atoms with Gasteiger partial charge in [-0.25, -0.2) is 0 Å². The van der Waals surface area contributed by atoms with Crippen molar-refractivity contribution in [1.82, 2.24) is 9.80 Å². The Balaban J connectivity index is 1.33. The summed E-state index contributed by atoms with van der Waals surface area (Å²) in [6.45, 7) is 3.66. The van der Waals surface area contributed by atoms with Gasteiger partial charge in [0.2, 0.25) is 23.6 Å². The van der Waals surface area contributed by atoms with Crippen LogP contribution in [0.4, 0.5) is 0 Å². The molecule has 0 radical (unpaired) electrons. The molecule has 0 spiro atoms. The molecule has 0 N–H and O–H groups in total. The first-order valence-electron chi connectivity index (χ1n) is 15.7. The van der Waals surface area contributed by atoms with Gasteiger partial charge in [0.1, 0.15) is 0 Å². The number of benzene rings is 2. The standard InChI is InChI=1S/C35H36N2O6/c1-35-28(21-12-6-3-7-13-21)24(20-10-4-2-5-11-20)25(26-29(35)33(40)36(31(26)38)18-22-14-8-16-42-22)27-30(35)34(41)37(32(27)39)19-23-15-9-17-43-23/h2-7,10-13,22-23,25-27,29-30H,8-9,14-19H2,1H3/t22-,23-,25?,26-,27-,29-,30+,35?/m0/s1. The Morgan fingerprint density at radius 3 is 1.56 bits per heavy atom. The molecule has 2 unspecified atom stereocenters. The highest BCUT2D eigenvalue weighted by molar-refractivity contribution is 6.17. The topological polar surface area (TPSA) is 93.2 Å². The van der Waals surface area contributed by atoms with E-state index < -0.39 is 35.0 Å². The lowest BCUT2D eigenvalue weighted by molar-refractivity contribution is -0.144. The van der Waals surface area contributed by atoms with Gasteiger partial charge in [0, 0.05) is 24.5 Å². The maximum Gasteiger partial charge on any atom is 0.234 e. The van der Waals surface area contributed by atoms with Gasteiger partial charge < -0.3 is 9.47 Å². The van der Waals surface area contributed by atoms with Crippen LogP contribution in [0.5, 0.6) is 0 Å². The van der Waals surface area contributed by atoms with Gasteiger partial charge in [0.15, 0.2) is 0 Å². The minimum absolute atomic E-state index is 0.182. The van der Waals surface area contributed by atoms with Gasteiger partial charge in [-0.2, -0.15) is 0 Å². The second kappa shape index (κ2) is 9.96. The number of carbonyl (C=O) groups excluding carboxylic acids is 4. The Bertz CT molecular complexity index is 1460. The Morgan fingerprint density at radius 2 is 1.12 bits per heavy atom. The molecule has 4 aliphatic heterocycles. The normalized spacial score (nSPS) is 36.7. The summed E-state index contributed by atoms with van der Waals surface area (Å²) in [7, 11) is 0. The van der Waals surface area contributed by atoms with Gasteiger partial charge in [-0.05, 0) is 48.0 Å². The van der Waals surface area contributed by atoms with Crippen LogP contribution >= 0.6 is 0 Å². The smallest absolute Gasteiger partial charge is 0.234 e. The fourth-order valence-corrected chi connectivity index (χ4v) is 9.40. The van der Waals surface area contributed by atoms with E-state index in [1.54, 1.807) is 0 Å². The Labute approximate surface area is 251 Å². The predicted molar refractivity (Wildman–Crippen MR) is 157 cm³/mol. The minimum Gasteiger partial charge on any atom is -0.376 e. The molecule has 4 amide bonds. The van der Waals surface area contributed by atoms with Crippen LogP contribution < -0.4 is 0 Å². The van der Waals surface area contributed by atoms with Crippen molar-refractivity contribution in [3.63, 3.8) is 0 Å². The number of rotatable bonds is 6. The Kier molecular flexibility index (Phi) is 6.25. The summed E-state index contributed by atoms with van der Waals surface area (Å²) in [4.78, 5) is 60.6. The van der Waals surface area contributed by atoms with Gasteiger partial charge in [-0.1, -0.05) is 67.6 Å². The van der Waals surface area contributed by atoms with Crippen LogP contribution in [-0.4, -0.2) is 71.9 Å². The molecule has 2 aromatic rings. The highest BCUT2D eigenvalue weighted by atomic mass is 16.5. The maximum atomic E-state index is 14.5. The summed E-state index contributed by atoms with van der Waals surface area (Å²) < 4.78 is 11.7. The van der Waals surface area contributed by atoms with Crippen molar-refractivity contribution < 1.29 is 28.7 Å². The second-order valence-electron chi connectivity index (χ2n) is 13.2. The van der Waals surface area contributed by atoms with Crippen molar-refractivity contribution in [2.45, 2.75) is 44.8 Å². The van der Waals surface area contributed by atoms with Crippen LogP contribution in [0.2, 0.25) is 0 Å². The first kappa shape index (κ1) is 27.0. The molecule has 8 nitrogen and oxygen atoms in total. The van der Waals surface area contributed by atoms with Crippen molar-refractivity contribution in [3.8, 4) is 0 Å². The molecule has 8 atom stereocenters. The van der Waals surface area contributed by atoms with Gasteiger partial charge in [-0.15, -0.1) is 0 Å². The van der Waals surface area contributed by atoms with Crippen LogP contribution in [0.1, 0.15) is 43.7 Å². The van der Waals surface area contributed by atoms with Gasteiger partial charge in [0.25, 0.3) is 0 Å². The van der Waals surface area contributed by atoms with Crippen molar-refractivity contribution in [3.05, 3.63) is 71.8 Å². The van der Waals surface area contributed by atoms with Crippen LogP contribution in [0.15, 0.2) is 60.7 Å². The largest absolute Gasteiger partial charge is 0.376 e. The summed E-state index contributed by atoms with van der Waals surface area (Å²) in [5.41, 5.74) is 2.59. The molecule has 8 heteroatoms. The van der Waals surface area contributed by atoms with E-state index in [0.29, 0.717) is 13.2 Å². The van der Waals surface area contributed by atoms with E-state index in [1.165, 1.54) is 9.80 Å². The second-order valence-corrected chi connectivity index (χ2v) is 13.2. The highest BCUT2D eigenvalue weighted by Crippen LogP contribution is 2.72. The van der Waals surface area contributed by atoms with Crippen LogP contribution in [0.25, 0.3) is 11.1 Å². The van der Waals surface area contributed by atoms with Crippen molar-refractivity contribution >= 4 is 34.8 Å². The number of hydrogen-bond acceptors (Lipinski definition) is 6. The SMILES string of the molecule is CC12C(c3ccccc3)=C(c3ccccc3)C([C@@H]3C(=O)N(C[C@@H]4CCCO4)C(=O)[C@H]31)[C@@H]1C(=O)N(C[C@@H]3CCCO3)C(=O)[C@@H]12. The molecule has 2 aromatic carbocycles. The molecule has 0 aromatic heterocycles. The molecule has 4 heterocycles. The number of nitrogens with zero attached hydrogens (tertiary/aromatic N) is 2. The number of amides is 4. The fraction of sp³-hybridized carbons (Fsp3) is 0.486. The van der Waals surface area contributed by atoms with E-state index in [2.05, 4.69) is 0 Å². The molecule has 1 saturated carbocycles. The third-order valence-electron chi connectivity index (χ3n) is 11.1. The van der Waals surface area contributed by atoms with E-state index >= 15 is 0 Å². The third-order valence-corrected chi connectivity index (χ3v) is 11.1. The first-order chi connectivity index (χ1) is 20.9. The van der Waals surface area contributed by atoms with Gasteiger partial charge in [-0.3, -0.25) is 29.0 Å². The zero-order chi connectivity index (χ0) is 29.5. The quantitative estimate of drug-likeness (QED) is 0.483. The van der Waals surface area contributed by atoms with Crippen molar-refractivity contribution in [2.24, 2.45) is 35.0 Å². The lowest BCUT2D eigenvalue weighted by Gasteiger charge is -2.57. The highest BCUT2D eigenvalue weighted by Gasteiger charge is 2.76. The lowest BCUT2D eigenvalue weighted by Crippen LogP contribution is -2.59. The van der Waals surface area contributed by atoms with E-state index in [1.807, 2.05) is 67.6 Å². The average molecular weight is 581 g/mol. The summed E-state index contributed by atoms with van der Waals surface area (Å²) in [5, 5.41) is 0. The zero-order valence-corrected chi connectivity index (χ0v) is 24.3. The summed E-state index contributed by atoms with van der Waals surface area (Å²) in [6.07, 6.45) is 3.04. The zero-order valence-electron chi connectivity index (χ0n) is 24.3. The Morgan fingerprint density at radius 1 is 0.651 bits per heavy atom. The minimum atomic E-state index is -1.08. The monoisotopic (exact) mass is 580 g/mol. The molecule has 43 heavy (non-hydrogen) atoms. The van der Waals surface area contributed by atoms with Crippen LogP contribution in [-0.2, 0) is 28.7 Å². The van der Waals surface area contributed by atoms with Gasteiger partial charge in [0.05, 0.1) is 49.0 Å². The molecule has 4 saturated heterocycles. The number of carbonyl (C=O) groups is 4. The molecule has 3 aliphatic carbocycles. The van der Waals surface area contributed by atoms with Gasteiger partial charge >= 0.3 is 0 Å². The predicted octanol–water partition coefficient (Wildman–Crippen LogP) is 3.81. The number of imide groups is 2. The van der Waals surface area contributed by atoms with Crippen LogP contribution in [0, 0.1) is 35.0 Å². The average Bonchev–Trinajstić information content (AvgIpc) is 3.83. The van der Waals surface area contributed by atoms with E-state index in [0.717, 1.165) is 48.0 Å². The fourth-order valence-electron chi connectivity index (χ4n) is 9.40. The molecule has 222 valence electrons.